The average Bonchev–Trinajstić information content (AvgIpc) is 3.44. The molecule has 1 N–H and O–H groups in total. The summed E-state index contributed by atoms with van der Waals surface area (Å²) in [7, 11) is 0. The van der Waals surface area contributed by atoms with Gasteiger partial charge in [-0.2, -0.15) is 10.2 Å². The number of benzene rings is 1. The van der Waals surface area contributed by atoms with Crippen molar-refractivity contribution in [2.75, 3.05) is 38.2 Å². The number of oxazole rings is 1. The van der Waals surface area contributed by atoms with Crippen molar-refractivity contribution in [3.8, 4) is 11.8 Å². The second-order valence-corrected chi connectivity index (χ2v) is 8.12. The van der Waals surface area contributed by atoms with Gasteiger partial charge in [0.2, 0.25) is 17.5 Å². The van der Waals surface area contributed by atoms with E-state index >= 15 is 0 Å². The Morgan fingerprint density at radius 2 is 2.07 bits per heavy atom. The predicted octanol–water partition coefficient (Wildman–Crippen LogP) is 4.33. The molecule has 156 valence electrons. The molecule has 1 atom stereocenters. The number of hydrogen-bond donors (Lipinski definition) is 1. The van der Waals surface area contributed by atoms with E-state index in [4.69, 9.17) is 25.5 Å². The highest BCUT2D eigenvalue weighted by molar-refractivity contribution is 7.10. The number of thiophene rings is 1. The van der Waals surface area contributed by atoms with Gasteiger partial charge in [0.15, 0.2) is 6.61 Å². The molecule has 1 unspecified atom stereocenters. The Kier molecular flexibility index (Phi) is 6.87. The summed E-state index contributed by atoms with van der Waals surface area (Å²) in [5, 5.41) is 15.4. The monoisotopic (exact) mass is 444 g/mol. The summed E-state index contributed by atoms with van der Waals surface area (Å²) in [6.45, 7) is 3.90. The van der Waals surface area contributed by atoms with E-state index in [1.165, 1.54) is 4.88 Å². The molecule has 0 spiro atoms. The molecule has 0 saturated carbocycles. The Bertz CT molecular complexity index is 979. The molecule has 1 fully saturated rings. The lowest BCUT2D eigenvalue weighted by atomic mass is 10.2. The fourth-order valence-electron chi connectivity index (χ4n) is 3.27. The van der Waals surface area contributed by atoms with E-state index < -0.39 is 0 Å². The first-order chi connectivity index (χ1) is 14.7. The molecule has 0 amide bonds. The smallest absolute Gasteiger partial charge is 0.236 e. The van der Waals surface area contributed by atoms with Crippen molar-refractivity contribution in [3.63, 3.8) is 0 Å². The molecule has 0 radical (unpaired) electrons. The van der Waals surface area contributed by atoms with Gasteiger partial charge in [0.05, 0.1) is 19.3 Å². The van der Waals surface area contributed by atoms with Crippen molar-refractivity contribution >= 4 is 28.8 Å². The van der Waals surface area contributed by atoms with E-state index in [1.54, 1.807) is 35.6 Å². The minimum atomic E-state index is 0.121. The van der Waals surface area contributed by atoms with Crippen LogP contribution in [0.5, 0.6) is 5.75 Å². The van der Waals surface area contributed by atoms with Gasteiger partial charge in [-0.1, -0.05) is 17.7 Å². The number of halogens is 1. The predicted molar refractivity (Wildman–Crippen MR) is 115 cm³/mol. The number of ether oxygens (including phenoxy) is 2. The SMILES string of the molecule is N#Cc1nc(COc2ccc(Cl)cc2)oc1NCC(c1cccs1)N1CCOCC1. The fraction of sp³-hybridized carbons (Fsp3) is 0.333. The molecule has 4 rings (SSSR count). The van der Waals surface area contributed by atoms with Crippen LogP contribution >= 0.6 is 22.9 Å². The second kappa shape index (κ2) is 9.96. The Morgan fingerprint density at radius 3 is 2.77 bits per heavy atom. The number of nitrogens with one attached hydrogen (secondary N) is 1. The van der Waals surface area contributed by atoms with Gasteiger partial charge in [-0.3, -0.25) is 4.90 Å². The molecule has 1 aliphatic rings. The standard InChI is InChI=1S/C21H21ClN4O3S/c22-15-3-5-16(6-4-15)28-14-20-25-17(12-23)21(29-20)24-13-18(19-2-1-11-30-19)26-7-9-27-10-8-26/h1-6,11,18,24H,7-10,13-14H2. The van der Waals surface area contributed by atoms with Gasteiger partial charge < -0.3 is 19.2 Å². The summed E-state index contributed by atoms with van der Waals surface area (Å²) < 4.78 is 16.9. The van der Waals surface area contributed by atoms with E-state index in [9.17, 15) is 5.26 Å². The molecular formula is C21H21ClN4O3S. The molecule has 7 nitrogen and oxygen atoms in total. The molecular weight excluding hydrogens is 424 g/mol. The highest BCUT2D eigenvalue weighted by Gasteiger charge is 2.24. The zero-order valence-corrected chi connectivity index (χ0v) is 17.8. The third-order valence-electron chi connectivity index (χ3n) is 4.77. The van der Waals surface area contributed by atoms with Crippen LogP contribution in [0, 0.1) is 11.3 Å². The first kappa shape index (κ1) is 20.7. The number of morpholine rings is 1. The summed E-state index contributed by atoms with van der Waals surface area (Å²) in [5.74, 6) is 1.35. The van der Waals surface area contributed by atoms with E-state index in [1.807, 2.05) is 0 Å². The third kappa shape index (κ3) is 5.12. The van der Waals surface area contributed by atoms with E-state index in [-0.39, 0.29) is 18.3 Å². The number of rotatable bonds is 8. The zero-order valence-electron chi connectivity index (χ0n) is 16.2. The third-order valence-corrected chi connectivity index (χ3v) is 5.99. The van der Waals surface area contributed by atoms with Crippen LogP contribution in [0.3, 0.4) is 0 Å². The van der Waals surface area contributed by atoms with Crippen molar-refractivity contribution in [2.24, 2.45) is 0 Å². The Balaban J connectivity index is 1.42. The van der Waals surface area contributed by atoms with Crippen LogP contribution in [-0.2, 0) is 11.3 Å². The quantitative estimate of drug-likeness (QED) is 0.553. The first-order valence-corrected chi connectivity index (χ1v) is 10.9. The largest absolute Gasteiger partial charge is 0.484 e. The summed E-state index contributed by atoms with van der Waals surface area (Å²) in [6.07, 6.45) is 0. The molecule has 2 aromatic heterocycles. The summed E-state index contributed by atoms with van der Waals surface area (Å²) in [4.78, 5) is 7.88. The number of anilines is 1. The summed E-state index contributed by atoms with van der Waals surface area (Å²) >= 11 is 7.60. The Hall–Kier alpha value is -2.57. The van der Waals surface area contributed by atoms with Gasteiger partial charge in [0.1, 0.15) is 11.8 Å². The van der Waals surface area contributed by atoms with Crippen LogP contribution in [0.4, 0.5) is 5.88 Å². The number of nitrogens with zero attached hydrogens (tertiary/aromatic N) is 3. The zero-order chi connectivity index (χ0) is 20.8. The molecule has 1 aromatic carbocycles. The highest BCUT2D eigenvalue weighted by Crippen LogP contribution is 2.27. The molecule has 3 heterocycles. The molecule has 1 saturated heterocycles. The molecule has 3 aromatic rings. The van der Waals surface area contributed by atoms with Gasteiger partial charge in [0.25, 0.3) is 0 Å². The van der Waals surface area contributed by atoms with Crippen molar-refractivity contribution in [2.45, 2.75) is 12.6 Å². The molecule has 0 bridgehead atoms. The molecule has 1 aliphatic heterocycles. The number of aromatic nitrogens is 1. The molecule has 30 heavy (non-hydrogen) atoms. The maximum atomic E-state index is 9.45. The van der Waals surface area contributed by atoms with Crippen molar-refractivity contribution in [1.29, 1.82) is 5.26 Å². The van der Waals surface area contributed by atoms with Gasteiger partial charge in [0, 0.05) is 29.5 Å². The molecule has 9 heteroatoms. The first-order valence-electron chi connectivity index (χ1n) is 9.60. The average molecular weight is 445 g/mol. The number of hydrogen-bond acceptors (Lipinski definition) is 8. The van der Waals surface area contributed by atoms with Crippen LogP contribution in [0.1, 0.15) is 22.5 Å². The Morgan fingerprint density at radius 1 is 1.27 bits per heavy atom. The van der Waals surface area contributed by atoms with Crippen LogP contribution in [0.25, 0.3) is 0 Å². The number of nitriles is 1. The van der Waals surface area contributed by atoms with Gasteiger partial charge in [-0.05, 0) is 35.7 Å². The second-order valence-electron chi connectivity index (χ2n) is 6.70. The lowest BCUT2D eigenvalue weighted by molar-refractivity contribution is 0.0193. The van der Waals surface area contributed by atoms with Crippen LogP contribution in [-0.4, -0.2) is 42.7 Å². The normalized spacial score (nSPS) is 15.5. The van der Waals surface area contributed by atoms with Crippen molar-refractivity contribution in [3.05, 3.63) is 63.3 Å². The topological polar surface area (TPSA) is 83.5 Å². The fourth-order valence-corrected chi connectivity index (χ4v) is 4.25. The minimum absolute atomic E-state index is 0.121. The van der Waals surface area contributed by atoms with Crippen molar-refractivity contribution in [1.82, 2.24) is 9.88 Å². The summed E-state index contributed by atoms with van der Waals surface area (Å²) in [5.41, 5.74) is 0.219. The van der Waals surface area contributed by atoms with Gasteiger partial charge in [-0.15, -0.1) is 11.3 Å². The van der Waals surface area contributed by atoms with E-state index in [0.29, 0.717) is 29.1 Å². The lowest BCUT2D eigenvalue weighted by Gasteiger charge is -2.34. The summed E-state index contributed by atoms with van der Waals surface area (Å²) in [6, 6.07) is 13.5. The Labute approximate surface area is 183 Å². The van der Waals surface area contributed by atoms with Crippen LogP contribution in [0.2, 0.25) is 5.02 Å². The lowest BCUT2D eigenvalue weighted by Crippen LogP contribution is -2.41. The minimum Gasteiger partial charge on any atom is -0.484 e. The maximum Gasteiger partial charge on any atom is 0.236 e. The van der Waals surface area contributed by atoms with E-state index in [2.05, 4.69) is 38.8 Å². The molecule has 0 aliphatic carbocycles. The van der Waals surface area contributed by atoms with Gasteiger partial charge in [-0.25, -0.2) is 0 Å². The van der Waals surface area contributed by atoms with Crippen LogP contribution in [0.15, 0.2) is 46.2 Å². The van der Waals surface area contributed by atoms with Gasteiger partial charge >= 0.3 is 0 Å². The van der Waals surface area contributed by atoms with Crippen LogP contribution < -0.4 is 10.1 Å². The maximum absolute atomic E-state index is 9.45. The van der Waals surface area contributed by atoms with Crippen molar-refractivity contribution < 1.29 is 13.9 Å². The highest BCUT2D eigenvalue weighted by atomic mass is 35.5. The van der Waals surface area contributed by atoms with E-state index in [0.717, 1.165) is 26.3 Å².